The van der Waals surface area contributed by atoms with Crippen molar-refractivity contribution >= 4 is 10.1 Å². The van der Waals surface area contributed by atoms with Crippen LogP contribution in [0.15, 0.2) is 83.8 Å². The molecule has 0 saturated carbocycles. The van der Waals surface area contributed by atoms with Crippen molar-refractivity contribution < 1.29 is 17.3 Å². The van der Waals surface area contributed by atoms with E-state index in [4.69, 9.17) is 8.92 Å². The smallest absolute Gasteiger partial charge is 0.339 e. The Kier molecular flexibility index (Phi) is 6.18. The molecule has 3 aromatic rings. The van der Waals surface area contributed by atoms with Gasteiger partial charge in [-0.25, -0.2) is 0 Å². The van der Waals surface area contributed by atoms with Gasteiger partial charge in [-0.05, 0) is 42.3 Å². The second kappa shape index (κ2) is 9.00. The lowest BCUT2D eigenvalue weighted by molar-refractivity contribution is -0.0329. The van der Waals surface area contributed by atoms with Crippen molar-refractivity contribution in [3.8, 4) is 5.75 Å². The molecule has 1 fully saturated rings. The van der Waals surface area contributed by atoms with Crippen LogP contribution in [0.3, 0.4) is 0 Å². The molecule has 1 saturated heterocycles. The Labute approximate surface area is 178 Å². The van der Waals surface area contributed by atoms with Gasteiger partial charge < -0.3 is 8.92 Å². The number of ether oxygens (including phenoxy) is 1. The predicted molar refractivity (Wildman–Crippen MR) is 116 cm³/mol. The molecule has 0 amide bonds. The Hall–Kier alpha value is -2.67. The second-order valence-corrected chi connectivity index (χ2v) is 9.05. The van der Waals surface area contributed by atoms with E-state index < -0.39 is 10.1 Å². The number of hydrogen-bond donors (Lipinski definition) is 0. The molecule has 0 aromatic heterocycles. The molecule has 5 nitrogen and oxygen atoms in total. The first-order chi connectivity index (χ1) is 14.5. The monoisotopic (exact) mass is 423 g/mol. The van der Waals surface area contributed by atoms with Gasteiger partial charge in [0.2, 0.25) is 0 Å². The van der Waals surface area contributed by atoms with Crippen LogP contribution >= 0.6 is 0 Å². The number of nitrogens with zero attached hydrogens (tertiary/aromatic N) is 1. The summed E-state index contributed by atoms with van der Waals surface area (Å²) in [6.07, 6.45) is -0.0507. The van der Waals surface area contributed by atoms with Crippen molar-refractivity contribution in [3.05, 3.63) is 95.6 Å². The predicted octanol–water partition coefficient (Wildman–Crippen LogP) is 4.34. The third kappa shape index (κ3) is 5.08. The molecule has 1 atom stereocenters. The van der Waals surface area contributed by atoms with Gasteiger partial charge in [0.05, 0.1) is 12.7 Å². The van der Waals surface area contributed by atoms with Crippen LogP contribution in [0, 0.1) is 6.92 Å². The highest BCUT2D eigenvalue weighted by molar-refractivity contribution is 7.87. The molecule has 0 unspecified atom stereocenters. The summed E-state index contributed by atoms with van der Waals surface area (Å²) in [5.41, 5.74) is 3.28. The third-order valence-electron chi connectivity index (χ3n) is 5.17. The topological polar surface area (TPSA) is 55.8 Å². The zero-order valence-electron chi connectivity index (χ0n) is 16.9. The highest BCUT2D eigenvalue weighted by atomic mass is 32.2. The lowest BCUT2D eigenvalue weighted by Crippen LogP contribution is -2.37. The Balaban J connectivity index is 1.41. The van der Waals surface area contributed by atoms with Crippen molar-refractivity contribution in [1.29, 1.82) is 0 Å². The van der Waals surface area contributed by atoms with Crippen LogP contribution in [0.5, 0.6) is 5.75 Å². The minimum atomic E-state index is -3.85. The van der Waals surface area contributed by atoms with Crippen molar-refractivity contribution in [2.75, 3.05) is 19.7 Å². The Morgan fingerprint density at radius 3 is 2.37 bits per heavy atom. The maximum absolute atomic E-state index is 12.5. The average molecular weight is 424 g/mol. The molecule has 3 aromatic carbocycles. The molecular formula is C24H25NO4S. The quantitative estimate of drug-likeness (QED) is 0.552. The van der Waals surface area contributed by atoms with Gasteiger partial charge in [-0.2, -0.15) is 8.42 Å². The summed E-state index contributed by atoms with van der Waals surface area (Å²) in [5.74, 6) is 0.288. The number of benzene rings is 3. The molecule has 4 rings (SSSR count). The van der Waals surface area contributed by atoms with E-state index >= 15 is 0 Å². The maximum atomic E-state index is 12.5. The first-order valence-corrected chi connectivity index (χ1v) is 11.4. The van der Waals surface area contributed by atoms with E-state index in [1.807, 2.05) is 25.1 Å². The average Bonchev–Trinajstić information content (AvgIpc) is 2.75. The Morgan fingerprint density at radius 1 is 0.967 bits per heavy atom. The lowest BCUT2D eigenvalue weighted by Gasteiger charge is -2.33. The molecule has 6 heteroatoms. The third-order valence-corrected chi connectivity index (χ3v) is 6.43. The van der Waals surface area contributed by atoms with Crippen LogP contribution in [0.4, 0.5) is 0 Å². The molecule has 30 heavy (non-hydrogen) atoms. The van der Waals surface area contributed by atoms with Crippen LogP contribution in [-0.2, 0) is 21.4 Å². The van der Waals surface area contributed by atoms with Crippen LogP contribution in [-0.4, -0.2) is 33.0 Å². The van der Waals surface area contributed by atoms with E-state index in [1.165, 1.54) is 5.56 Å². The minimum Gasteiger partial charge on any atom is -0.379 e. The van der Waals surface area contributed by atoms with E-state index in [-0.39, 0.29) is 16.7 Å². The summed E-state index contributed by atoms with van der Waals surface area (Å²) in [6.45, 7) is 5.14. The van der Waals surface area contributed by atoms with Gasteiger partial charge in [0.25, 0.3) is 0 Å². The van der Waals surface area contributed by atoms with E-state index in [2.05, 4.69) is 29.2 Å². The van der Waals surface area contributed by atoms with Gasteiger partial charge in [0.15, 0.2) is 0 Å². The van der Waals surface area contributed by atoms with Gasteiger partial charge in [0.1, 0.15) is 10.6 Å². The molecule has 0 bridgehead atoms. The number of rotatable bonds is 6. The van der Waals surface area contributed by atoms with E-state index in [0.29, 0.717) is 6.61 Å². The summed E-state index contributed by atoms with van der Waals surface area (Å²) in [6, 6.07) is 24.1. The highest BCUT2D eigenvalue weighted by Gasteiger charge is 2.22. The molecule has 0 radical (unpaired) electrons. The second-order valence-electron chi connectivity index (χ2n) is 7.50. The first kappa shape index (κ1) is 20.6. The lowest BCUT2D eigenvalue weighted by atomic mass is 10.1. The standard InChI is InChI=1S/C24H25NO4S/c1-19-7-13-23(14-8-19)30(26,27)29-22-11-9-21(10-12-22)24-18-25(15-16-28-24)17-20-5-3-2-4-6-20/h2-14,24H,15-18H2,1H3/t24-/m0/s1. The Bertz CT molecular complexity index is 1060. The van der Waals surface area contributed by atoms with E-state index in [1.54, 1.807) is 36.4 Å². The van der Waals surface area contributed by atoms with Crippen LogP contribution in [0.1, 0.15) is 22.8 Å². The number of morpholine rings is 1. The number of aryl methyl sites for hydroxylation is 1. The fraction of sp³-hybridized carbons (Fsp3) is 0.250. The van der Waals surface area contributed by atoms with Crippen LogP contribution in [0.2, 0.25) is 0 Å². The number of hydrogen-bond acceptors (Lipinski definition) is 5. The SMILES string of the molecule is Cc1ccc(S(=O)(=O)Oc2ccc([C@@H]3CN(Cc4ccccc4)CCO3)cc2)cc1. The normalized spacial score (nSPS) is 17.6. The van der Waals surface area contributed by atoms with Gasteiger partial charge in [-0.1, -0.05) is 60.2 Å². The van der Waals surface area contributed by atoms with Gasteiger partial charge in [0, 0.05) is 19.6 Å². The van der Waals surface area contributed by atoms with E-state index in [0.717, 1.165) is 30.8 Å². The zero-order chi connectivity index (χ0) is 21.0. The van der Waals surface area contributed by atoms with Crippen molar-refractivity contribution in [2.45, 2.75) is 24.5 Å². The van der Waals surface area contributed by atoms with E-state index in [9.17, 15) is 8.42 Å². The molecule has 1 aliphatic rings. The summed E-state index contributed by atoms with van der Waals surface area (Å²) < 4.78 is 36.2. The van der Waals surface area contributed by atoms with Gasteiger partial charge >= 0.3 is 10.1 Å². The molecule has 156 valence electrons. The van der Waals surface area contributed by atoms with Crippen molar-refractivity contribution in [3.63, 3.8) is 0 Å². The summed E-state index contributed by atoms with van der Waals surface area (Å²) in [7, 11) is -3.85. The maximum Gasteiger partial charge on any atom is 0.339 e. The largest absolute Gasteiger partial charge is 0.379 e. The van der Waals surface area contributed by atoms with Gasteiger partial charge in [-0.15, -0.1) is 0 Å². The fourth-order valence-electron chi connectivity index (χ4n) is 3.51. The molecule has 0 N–H and O–H groups in total. The Morgan fingerprint density at radius 2 is 1.67 bits per heavy atom. The van der Waals surface area contributed by atoms with Crippen LogP contribution in [0.25, 0.3) is 0 Å². The van der Waals surface area contributed by atoms with Crippen molar-refractivity contribution in [1.82, 2.24) is 4.90 Å². The summed E-state index contributed by atoms with van der Waals surface area (Å²) >= 11 is 0. The minimum absolute atomic E-state index is 0.0507. The molecule has 1 heterocycles. The summed E-state index contributed by atoms with van der Waals surface area (Å²) in [4.78, 5) is 2.51. The zero-order valence-corrected chi connectivity index (χ0v) is 17.7. The molecule has 0 spiro atoms. The van der Waals surface area contributed by atoms with Crippen LogP contribution < -0.4 is 4.18 Å². The molecule has 1 aliphatic heterocycles. The fourth-order valence-corrected chi connectivity index (χ4v) is 4.44. The first-order valence-electron chi connectivity index (χ1n) is 9.99. The summed E-state index contributed by atoms with van der Waals surface area (Å²) in [5, 5.41) is 0. The van der Waals surface area contributed by atoms with Gasteiger partial charge in [-0.3, -0.25) is 4.90 Å². The molecular weight excluding hydrogens is 398 g/mol. The molecule has 0 aliphatic carbocycles. The van der Waals surface area contributed by atoms with Crippen molar-refractivity contribution in [2.24, 2.45) is 0 Å². The highest BCUT2D eigenvalue weighted by Crippen LogP contribution is 2.26.